The van der Waals surface area contributed by atoms with E-state index in [4.69, 9.17) is 0 Å². The third kappa shape index (κ3) is 2.94. The predicted molar refractivity (Wildman–Crippen MR) is 77.0 cm³/mol. The van der Waals surface area contributed by atoms with Gasteiger partial charge in [0, 0.05) is 0 Å². The molecule has 0 radical (unpaired) electrons. The normalized spacial score (nSPS) is 10.0. The van der Waals surface area contributed by atoms with Crippen LogP contribution in [0, 0.1) is 0 Å². The fraction of sp³-hybridized carbons (Fsp3) is 0.143. The van der Waals surface area contributed by atoms with Gasteiger partial charge in [-0.2, -0.15) is 0 Å². The van der Waals surface area contributed by atoms with Gasteiger partial charge in [-0.1, -0.05) is 0 Å². The maximum absolute atomic E-state index is 3.27. The molecule has 0 aromatic heterocycles. The molecule has 2 nitrogen and oxygen atoms in total. The van der Waals surface area contributed by atoms with Gasteiger partial charge in [0.05, 0.1) is 0 Å². The molecule has 2 aromatic rings. The van der Waals surface area contributed by atoms with Crippen LogP contribution in [-0.2, 0) is 0 Å². The van der Waals surface area contributed by atoms with Crippen molar-refractivity contribution in [1.29, 1.82) is 0 Å². The van der Waals surface area contributed by atoms with Crippen LogP contribution in [0.1, 0.15) is 0 Å². The molecular formula is C14H16N2Te. The Balaban J connectivity index is 2.31. The van der Waals surface area contributed by atoms with Crippen molar-refractivity contribution in [2.45, 2.75) is 0 Å². The molecule has 3 heteroatoms. The Labute approximate surface area is 113 Å². The van der Waals surface area contributed by atoms with Gasteiger partial charge in [-0.25, -0.2) is 0 Å². The topological polar surface area (TPSA) is 24.1 Å². The van der Waals surface area contributed by atoms with Gasteiger partial charge < -0.3 is 0 Å². The van der Waals surface area contributed by atoms with Gasteiger partial charge in [0.1, 0.15) is 0 Å². The fourth-order valence-electron chi connectivity index (χ4n) is 1.64. The molecule has 0 aliphatic heterocycles. The first-order chi connectivity index (χ1) is 8.35. The number of benzene rings is 2. The van der Waals surface area contributed by atoms with Crippen LogP contribution in [0.3, 0.4) is 0 Å². The zero-order valence-corrected chi connectivity index (χ0v) is 12.4. The summed E-state index contributed by atoms with van der Waals surface area (Å²) in [5, 5.41) is 6.53. The van der Waals surface area contributed by atoms with Crippen molar-refractivity contribution in [3.05, 3.63) is 48.5 Å². The van der Waals surface area contributed by atoms with Gasteiger partial charge in [0.15, 0.2) is 0 Å². The third-order valence-electron chi connectivity index (χ3n) is 2.53. The molecule has 0 atom stereocenters. The van der Waals surface area contributed by atoms with Gasteiger partial charge in [-0.05, 0) is 0 Å². The maximum atomic E-state index is 3.27. The Morgan fingerprint density at radius 3 is 1.53 bits per heavy atom. The Morgan fingerprint density at radius 1 is 0.706 bits per heavy atom. The summed E-state index contributed by atoms with van der Waals surface area (Å²) in [6.45, 7) is 0. The number of nitrogens with one attached hydrogen (secondary N) is 2. The van der Waals surface area contributed by atoms with E-state index in [1.54, 1.807) is 0 Å². The van der Waals surface area contributed by atoms with Crippen LogP contribution in [0.5, 0.6) is 0 Å². The van der Waals surface area contributed by atoms with Crippen LogP contribution in [-0.4, -0.2) is 35.0 Å². The Morgan fingerprint density at radius 2 is 1.12 bits per heavy atom. The molecule has 0 fully saturated rings. The van der Waals surface area contributed by atoms with Crippen molar-refractivity contribution in [1.82, 2.24) is 0 Å². The summed E-state index contributed by atoms with van der Waals surface area (Å²) in [4.78, 5) is 0. The second kappa shape index (κ2) is 5.95. The van der Waals surface area contributed by atoms with Crippen molar-refractivity contribution in [2.75, 3.05) is 24.7 Å². The second-order valence-electron chi connectivity index (χ2n) is 3.59. The predicted octanol–water partition coefficient (Wildman–Crippen LogP) is 1.42. The van der Waals surface area contributed by atoms with E-state index in [9.17, 15) is 0 Å². The van der Waals surface area contributed by atoms with Crippen LogP contribution in [0.15, 0.2) is 48.5 Å². The molecule has 88 valence electrons. The summed E-state index contributed by atoms with van der Waals surface area (Å²) in [6, 6.07) is 17.1. The molecular weight excluding hydrogens is 324 g/mol. The Hall–Kier alpha value is -1.17. The van der Waals surface area contributed by atoms with E-state index in [2.05, 4.69) is 59.2 Å². The number of para-hydroxylation sites is 2. The van der Waals surface area contributed by atoms with Crippen molar-refractivity contribution < 1.29 is 0 Å². The zero-order chi connectivity index (χ0) is 12.1. The molecule has 2 aromatic carbocycles. The third-order valence-corrected chi connectivity index (χ3v) is 5.82. The van der Waals surface area contributed by atoms with Crippen LogP contribution in [0.25, 0.3) is 0 Å². The number of anilines is 2. The molecule has 0 aliphatic carbocycles. The number of hydrogen-bond donors (Lipinski definition) is 2. The van der Waals surface area contributed by atoms with Crippen molar-refractivity contribution in [2.24, 2.45) is 0 Å². The van der Waals surface area contributed by atoms with Gasteiger partial charge in [0.2, 0.25) is 0 Å². The minimum absolute atomic E-state index is 0.351. The zero-order valence-electron chi connectivity index (χ0n) is 10.0. The van der Waals surface area contributed by atoms with E-state index >= 15 is 0 Å². The first kappa shape index (κ1) is 12.3. The fourth-order valence-corrected chi connectivity index (χ4v) is 4.75. The van der Waals surface area contributed by atoms with E-state index in [1.807, 2.05) is 14.1 Å². The van der Waals surface area contributed by atoms with Crippen LogP contribution in [0.2, 0.25) is 0 Å². The average molecular weight is 340 g/mol. The summed E-state index contributed by atoms with van der Waals surface area (Å²) in [6.07, 6.45) is 0. The van der Waals surface area contributed by atoms with Crippen molar-refractivity contribution in [3.63, 3.8) is 0 Å². The quantitative estimate of drug-likeness (QED) is 0.823. The molecule has 0 heterocycles. The van der Waals surface area contributed by atoms with E-state index in [1.165, 1.54) is 18.6 Å². The first-order valence-electron chi connectivity index (χ1n) is 5.56. The molecule has 0 unspecified atom stereocenters. The molecule has 0 spiro atoms. The molecule has 0 amide bonds. The average Bonchev–Trinajstić information content (AvgIpc) is 2.40. The van der Waals surface area contributed by atoms with Gasteiger partial charge in [-0.3, -0.25) is 0 Å². The summed E-state index contributed by atoms with van der Waals surface area (Å²) in [5.41, 5.74) is 2.50. The van der Waals surface area contributed by atoms with Gasteiger partial charge in [0.25, 0.3) is 0 Å². The van der Waals surface area contributed by atoms with Crippen LogP contribution in [0.4, 0.5) is 11.4 Å². The molecule has 2 rings (SSSR count). The van der Waals surface area contributed by atoms with E-state index < -0.39 is 0 Å². The standard InChI is InChI=1S/C14H16N2Te/c1-15-11-7-3-5-9-13(11)17-14-10-6-4-8-12(14)16-2/h3-10,15-16H,1-2H3. The van der Waals surface area contributed by atoms with E-state index in [0.29, 0.717) is 0 Å². The van der Waals surface area contributed by atoms with Crippen molar-refractivity contribution >= 4 is 39.5 Å². The van der Waals surface area contributed by atoms with Crippen LogP contribution >= 0.6 is 0 Å². The number of hydrogen-bond acceptors (Lipinski definition) is 2. The molecule has 2 N–H and O–H groups in total. The Kier molecular flexibility index (Phi) is 4.30. The molecule has 0 bridgehead atoms. The molecule has 17 heavy (non-hydrogen) atoms. The number of rotatable bonds is 4. The summed E-state index contributed by atoms with van der Waals surface area (Å²) in [5.74, 6) is 0. The van der Waals surface area contributed by atoms with E-state index in [0.717, 1.165) is 0 Å². The Bertz CT molecular complexity index is 452. The SMILES string of the molecule is CNc1ccccc1[Te]c1ccccc1NC. The summed E-state index contributed by atoms with van der Waals surface area (Å²) >= 11 is -0.351. The van der Waals surface area contributed by atoms with Crippen molar-refractivity contribution in [3.8, 4) is 0 Å². The minimum atomic E-state index is -0.351. The van der Waals surface area contributed by atoms with Gasteiger partial charge in [-0.15, -0.1) is 0 Å². The molecule has 0 saturated carbocycles. The molecule has 0 aliphatic rings. The molecule has 0 saturated heterocycles. The van der Waals surface area contributed by atoms with E-state index in [-0.39, 0.29) is 20.9 Å². The summed E-state index contributed by atoms with van der Waals surface area (Å²) < 4.78 is 2.89. The van der Waals surface area contributed by atoms with Crippen LogP contribution < -0.4 is 17.9 Å². The second-order valence-corrected chi connectivity index (χ2v) is 6.69. The summed E-state index contributed by atoms with van der Waals surface area (Å²) in [7, 11) is 3.96. The van der Waals surface area contributed by atoms with Gasteiger partial charge >= 0.3 is 113 Å². The first-order valence-corrected chi connectivity index (χ1v) is 7.89. The monoisotopic (exact) mass is 342 g/mol.